The van der Waals surface area contributed by atoms with Gasteiger partial charge in [0.25, 0.3) is 0 Å². The van der Waals surface area contributed by atoms with E-state index in [-0.39, 0.29) is 11.9 Å². The first-order valence-corrected chi connectivity index (χ1v) is 5.31. The van der Waals surface area contributed by atoms with Gasteiger partial charge in [-0.05, 0) is 31.1 Å². The van der Waals surface area contributed by atoms with Crippen LogP contribution in [0.3, 0.4) is 0 Å². The molecule has 1 fully saturated rings. The summed E-state index contributed by atoms with van der Waals surface area (Å²) in [7, 11) is 2.81. The molecule has 0 aliphatic heterocycles. The number of ether oxygens (including phenoxy) is 2. The minimum atomic E-state index is -0.145. The lowest BCUT2D eigenvalue weighted by atomic mass is 10.1. The van der Waals surface area contributed by atoms with Gasteiger partial charge in [-0.2, -0.15) is 0 Å². The van der Waals surface area contributed by atoms with Crippen LogP contribution in [0.1, 0.15) is 32.1 Å². The van der Waals surface area contributed by atoms with Crippen molar-refractivity contribution >= 4 is 11.9 Å². The molecular weight excluding hydrogens is 196 g/mol. The monoisotopic (exact) mass is 214 g/mol. The van der Waals surface area contributed by atoms with Gasteiger partial charge in [0, 0.05) is 12.8 Å². The van der Waals surface area contributed by atoms with Gasteiger partial charge in [0.15, 0.2) is 0 Å². The summed E-state index contributed by atoms with van der Waals surface area (Å²) in [5, 5.41) is 0. The van der Waals surface area contributed by atoms with Crippen LogP contribution >= 0.6 is 0 Å². The molecular formula is C11H18O4. The lowest BCUT2D eigenvalue weighted by Crippen LogP contribution is -2.02. The van der Waals surface area contributed by atoms with E-state index in [4.69, 9.17) is 0 Å². The van der Waals surface area contributed by atoms with E-state index in [9.17, 15) is 9.59 Å². The van der Waals surface area contributed by atoms with Crippen LogP contribution in [0.15, 0.2) is 0 Å². The lowest BCUT2D eigenvalue weighted by Gasteiger charge is -1.99. The SMILES string of the molecule is COC(=O)CC[C@@H]1C[C@@H]1CCC(=O)OC. The molecule has 1 rings (SSSR count). The Balaban J connectivity index is 2.03. The van der Waals surface area contributed by atoms with E-state index in [2.05, 4.69) is 9.47 Å². The highest BCUT2D eigenvalue weighted by Crippen LogP contribution is 2.45. The zero-order chi connectivity index (χ0) is 11.3. The van der Waals surface area contributed by atoms with E-state index in [1.165, 1.54) is 14.2 Å². The van der Waals surface area contributed by atoms with Crippen molar-refractivity contribution in [2.75, 3.05) is 14.2 Å². The Hall–Kier alpha value is -1.06. The third-order valence-electron chi connectivity index (χ3n) is 2.96. The predicted molar refractivity (Wildman–Crippen MR) is 54.1 cm³/mol. The third-order valence-corrected chi connectivity index (χ3v) is 2.96. The minimum Gasteiger partial charge on any atom is -0.469 e. The number of hydrogen-bond acceptors (Lipinski definition) is 4. The lowest BCUT2D eigenvalue weighted by molar-refractivity contribution is -0.141. The number of carbonyl (C=O) groups is 2. The average Bonchev–Trinajstić information content (AvgIpc) is 3.01. The van der Waals surface area contributed by atoms with Crippen molar-refractivity contribution in [1.82, 2.24) is 0 Å². The quantitative estimate of drug-likeness (QED) is 0.629. The van der Waals surface area contributed by atoms with Gasteiger partial charge in [0.05, 0.1) is 14.2 Å². The van der Waals surface area contributed by atoms with E-state index in [0.29, 0.717) is 24.7 Å². The van der Waals surface area contributed by atoms with Crippen molar-refractivity contribution in [2.24, 2.45) is 11.8 Å². The fraction of sp³-hybridized carbons (Fsp3) is 0.818. The Kier molecular flexibility index (Phi) is 4.59. The number of rotatable bonds is 6. The van der Waals surface area contributed by atoms with Crippen LogP contribution in [0.2, 0.25) is 0 Å². The Labute approximate surface area is 89.9 Å². The zero-order valence-corrected chi connectivity index (χ0v) is 9.32. The molecule has 0 radical (unpaired) electrons. The molecule has 0 bridgehead atoms. The fourth-order valence-electron chi connectivity index (χ4n) is 1.83. The molecule has 86 valence electrons. The second-order valence-electron chi connectivity index (χ2n) is 3.99. The van der Waals surface area contributed by atoms with E-state index in [1.807, 2.05) is 0 Å². The summed E-state index contributed by atoms with van der Waals surface area (Å²) >= 11 is 0. The van der Waals surface area contributed by atoms with Crippen LogP contribution in [0.4, 0.5) is 0 Å². The maximum absolute atomic E-state index is 10.9. The molecule has 0 unspecified atom stereocenters. The first kappa shape index (κ1) is 12.0. The first-order chi connectivity index (χ1) is 7.17. The largest absolute Gasteiger partial charge is 0.469 e. The molecule has 15 heavy (non-hydrogen) atoms. The molecule has 0 spiro atoms. The van der Waals surface area contributed by atoms with E-state index < -0.39 is 0 Å². The average molecular weight is 214 g/mol. The molecule has 0 aromatic rings. The molecule has 4 heteroatoms. The first-order valence-electron chi connectivity index (χ1n) is 5.31. The maximum atomic E-state index is 10.9. The van der Waals surface area contributed by atoms with Gasteiger partial charge >= 0.3 is 11.9 Å². The zero-order valence-electron chi connectivity index (χ0n) is 9.32. The van der Waals surface area contributed by atoms with Crippen LogP contribution < -0.4 is 0 Å². The van der Waals surface area contributed by atoms with Gasteiger partial charge < -0.3 is 9.47 Å². The Morgan fingerprint density at radius 3 is 1.73 bits per heavy atom. The molecule has 1 aliphatic rings. The summed E-state index contributed by atoms with van der Waals surface area (Å²) in [5.74, 6) is 0.921. The van der Waals surface area contributed by atoms with Crippen molar-refractivity contribution in [1.29, 1.82) is 0 Å². The normalized spacial score (nSPS) is 23.3. The predicted octanol–water partition coefficient (Wildman–Crippen LogP) is 1.53. The maximum Gasteiger partial charge on any atom is 0.305 e. The van der Waals surface area contributed by atoms with E-state index in [1.54, 1.807) is 0 Å². The molecule has 4 nitrogen and oxygen atoms in total. The van der Waals surface area contributed by atoms with Crippen molar-refractivity contribution in [2.45, 2.75) is 32.1 Å². The van der Waals surface area contributed by atoms with Crippen molar-refractivity contribution < 1.29 is 19.1 Å². The van der Waals surface area contributed by atoms with Crippen molar-refractivity contribution in [3.05, 3.63) is 0 Å². The molecule has 0 aromatic heterocycles. The smallest absolute Gasteiger partial charge is 0.305 e. The van der Waals surface area contributed by atoms with Crippen LogP contribution in [0.25, 0.3) is 0 Å². The Morgan fingerprint density at radius 1 is 1.00 bits per heavy atom. The summed E-state index contributed by atoms with van der Waals surface area (Å²) in [6, 6.07) is 0. The molecule has 1 saturated carbocycles. The van der Waals surface area contributed by atoms with Gasteiger partial charge in [0.2, 0.25) is 0 Å². The molecule has 2 atom stereocenters. The van der Waals surface area contributed by atoms with Crippen molar-refractivity contribution in [3.8, 4) is 0 Å². The van der Waals surface area contributed by atoms with Gasteiger partial charge in [-0.15, -0.1) is 0 Å². The van der Waals surface area contributed by atoms with Crippen molar-refractivity contribution in [3.63, 3.8) is 0 Å². The Morgan fingerprint density at radius 2 is 1.40 bits per heavy atom. The number of methoxy groups -OCH3 is 2. The number of carbonyl (C=O) groups excluding carboxylic acids is 2. The standard InChI is InChI=1S/C11H18O4/c1-14-10(12)5-3-8-7-9(8)4-6-11(13)15-2/h8-9H,3-7H2,1-2H3/t8-,9+. The summed E-state index contributed by atoms with van der Waals surface area (Å²) in [4.78, 5) is 21.7. The molecule has 0 N–H and O–H groups in total. The molecule has 0 aromatic carbocycles. The number of hydrogen-bond donors (Lipinski definition) is 0. The van der Waals surface area contributed by atoms with Crippen LogP contribution in [0.5, 0.6) is 0 Å². The van der Waals surface area contributed by atoms with Crippen LogP contribution in [0, 0.1) is 11.8 Å². The fourth-order valence-corrected chi connectivity index (χ4v) is 1.83. The molecule has 0 heterocycles. The van der Waals surface area contributed by atoms with E-state index in [0.717, 1.165) is 19.3 Å². The highest BCUT2D eigenvalue weighted by Gasteiger charge is 2.36. The summed E-state index contributed by atoms with van der Waals surface area (Å²) in [6.07, 6.45) is 3.90. The van der Waals surface area contributed by atoms with Gasteiger partial charge in [0.1, 0.15) is 0 Å². The van der Waals surface area contributed by atoms with Gasteiger partial charge in [-0.1, -0.05) is 0 Å². The molecule has 0 amide bonds. The van der Waals surface area contributed by atoms with Crippen LogP contribution in [-0.4, -0.2) is 26.2 Å². The van der Waals surface area contributed by atoms with Gasteiger partial charge in [-0.3, -0.25) is 9.59 Å². The summed E-state index contributed by atoms with van der Waals surface area (Å²) < 4.78 is 9.13. The molecule has 1 aliphatic carbocycles. The van der Waals surface area contributed by atoms with Gasteiger partial charge in [-0.25, -0.2) is 0 Å². The Bertz CT molecular complexity index is 213. The van der Waals surface area contributed by atoms with E-state index >= 15 is 0 Å². The number of esters is 2. The second kappa shape index (κ2) is 5.73. The summed E-state index contributed by atoms with van der Waals surface area (Å²) in [6.45, 7) is 0. The third kappa shape index (κ3) is 4.32. The molecule has 0 saturated heterocycles. The summed E-state index contributed by atoms with van der Waals surface area (Å²) in [5.41, 5.74) is 0. The highest BCUT2D eigenvalue weighted by atomic mass is 16.5. The van der Waals surface area contributed by atoms with Crippen LogP contribution in [-0.2, 0) is 19.1 Å². The second-order valence-corrected chi connectivity index (χ2v) is 3.99. The topological polar surface area (TPSA) is 52.6 Å². The highest BCUT2D eigenvalue weighted by molar-refractivity contribution is 5.69. The minimum absolute atomic E-state index is 0.145.